The Kier molecular flexibility index (Phi) is 4.11. The fourth-order valence-corrected chi connectivity index (χ4v) is 5.22. The second kappa shape index (κ2) is 6.49. The van der Waals surface area contributed by atoms with Crippen molar-refractivity contribution in [2.75, 3.05) is 13.1 Å². The number of benzene rings is 3. The highest BCUT2D eigenvalue weighted by atomic mass is 16.6. The van der Waals surface area contributed by atoms with Crippen molar-refractivity contribution in [2.24, 2.45) is 0 Å². The zero-order chi connectivity index (χ0) is 21.1. The minimum Gasteiger partial charge on any atom is -0.507 e. The lowest BCUT2D eigenvalue weighted by molar-refractivity contribution is 0.0181. The Bertz CT molecular complexity index is 1150. The van der Waals surface area contributed by atoms with Crippen LogP contribution in [-0.2, 0) is 10.2 Å². The minimum atomic E-state index is -0.497. The van der Waals surface area contributed by atoms with Gasteiger partial charge in [-0.15, -0.1) is 0 Å². The van der Waals surface area contributed by atoms with Crippen LogP contribution in [0.1, 0.15) is 44.7 Å². The predicted molar refractivity (Wildman–Crippen MR) is 119 cm³/mol. The first-order chi connectivity index (χ1) is 14.3. The van der Waals surface area contributed by atoms with E-state index in [-0.39, 0.29) is 11.5 Å². The Hall–Kier alpha value is -3.01. The van der Waals surface area contributed by atoms with Crippen molar-refractivity contribution >= 4 is 16.9 Å². The molecule has 0 bridgehead atoms. The quantitative estimate of drug-likeness (QED) is 0.515. The average Bonchev–Trinajstić information content (AvgIpc) is 2.97. The summed E-state index contributed by atoms with van der Waals surface area (Å²) >= 11 is 0. The number of carbonyl (C=O) groups is 1. The van der Waals surface area contributed by atoms with E-state index >= 15 is 0 Å². The van der Waals surface area contributed by atoms with E-state index in [1.165, 1.54) is 22.3 Å². The number of fused-ring (bicyclic) bond motifs is 7. The Labute approximate surface area is 177 Å². The van der Waals surface area contributed by atoms with Crippen molar-refractivity contribution < 1.29 is 14.6 Å². The summed E-state index contributed by atoms with van der Waals surface area (Å²) in [5.74, 6) is 0.325. The molecule has 3 aromatic carbocycles. The molecule has 4 heteroatoms. The van der Waals surface area contributed by atoms with Crippen LogP contribution in [-0.4, -0.2) is 34.8 Å². The van der Waals surface area contributed by atoms with Gasteiger partial charge in [-0.2, -0.15) is 0 Å². The molecule has 1 aliphatic carbocycles. The van der Waals surface area contributed by atoms with E-state index in [1.807, 2.05) is 49.9 Å². The summed E-state index contributed by atoms with van der Waals surface area (Å²) in [5, 5.41) is 12.8. The van der Waals surface area contributed by atoms with Crippen molar-refractivity contribution in [3.63, 3.8) is 0 Å². The van der Waals surface area contributed by atoms with Gasteiger partial charge in [0.2, 0.25) is 0 Å². The maximum atomic E-state index is 12.6. The van der Waals surface area contributed by atoms with Crippen molar-refractivity contribution in [1.29, 1.82) is 0 Å². The van der Waals surface area contributed by atoms with Gasteiger partial charge < -0.3 is 14.7 Å². The smallest absolute Gasteiger partial charge is 0.410 e. The van der Waals surface area contributed by atoms with E-state index in [1.54, 1.807) is 0 Å². The first kappa shape index (κ1) is 19.0. The molecule has 0 unspecified atom stereocenters. The molecule has 30 heavy (non-hydrogen) atoms. The van der Waals surface area contributed by atoms with Crippen LogP contribution in [0, 0.1) is 0 Å². The Balaban J connectivity index is 1.59. The number of rotatable bonds is 0. The third-order valence-corrected chi connectivity index (χ3v) is 6.52. The van der Waals surface area contributed by atoms with Crippen LogP contribution in [0.25, 0.3) is 21.9 Å². The standard InChI is InChI=1S/C26H27NO3/c1-25(2,3)30-24(29)27-14-12-26(13-15-27)20-11-7-6-10-19(20)23-18-9-5-4-8-17(18)22(28)16-21(23)26/h4-11,16,28H,12-15H2,1-3H3. The monoisotopic (exact) mass is 401 g/mol. The van der Waals surface area contributed by atoms with E-state index in [2.05, 4.69) is 30.3 Å². The molecule has 1 saturated heterocycles. The molecule has 1 fully saturated rings. The molecule has 0 aromatic heterocycles. The Morgan fingerprint density at radius 1 is 0.967 bits per heavy atom. The summed E-state index contributed by atoms with van der Waals surface area (Å²) in [7, 11) is 0. The van der Waals surface area contributed by atoms with E-state index < -0.39 is 5.60 Å². The van der Waals surface area contributed by atoms with E-state index in [4.69, 9.17) is 4.74 Å². The first-order valence-electron chi connectivity index (χ1n) is 10.6. The third kappa shape index (κ3) is 2.78. The SMILES string of the molecule is CC(C)(C)OC(=O)N1CCC2(CC1)c1ccccc1-c1c2cc(O)c2ccccc12. The van der Waals surface area contributed by atoms with Crippen molar-refractivity contribution in [3.05, 3.63) is 65.7 Å². The summed E-state index contributed by atoms with van der Waals surface area (Å²) in [5.41, 5.74) is 4.28. The molecule has 154 valence electrons. The number of ether oxygens (including phenoxy) is 1. The van der Waals surface area contributed by atoms with E-state index in [0.29, 0.717) is 18.8 Å². The minimum absolute atomic E-state index is 0.189. The maximum absolute atomic E-state index is 12.6. The molecule has 1 aliphatic heterocycles. The van der Waals surface area contributed by atoms with Gasteiger partial charge in [-0.25, -0.2) is 4.79 Å². The zero-order valence-electron chi connectivity index (χ0n) is 17.7. The predicted octanol–water partition coefficient (Wildman–Crippen LogP) is 5.84. The van der Waals surface area contributed by atoms with Gasteiger partial charge in [-0.05, 0) is 67.3 Å². The third-order valence-electron chi connectivity index (χ3n) is 6.52. The summed E-state index contributed by atoms with van der Waals surface area (Å²) < 4.78 is 5.59. The molecular weight excluding hydrogens is 374 g/mol. The molecule has 3 aromatic rings. The van der Waals surface area contributed by atoms with Crippen molar-refractivity contribution in [2.45, 2.75) is 44.6 Å². The first-order valence-corrected chi connectivity index (χ1v) is 10.6. The highest BCUT2D eigenvalue weighted by molar-refractivity contribution is 6.05. The fourth-order valence-electron chi connectivity index (χ4n) is 5.22. The largest absolute Gasteiger partial charge is 0.507 e. The van der Waals surface area contributed by atoms with Crippen LogP contribution in [0.15, 0.2) is 54.6 Å². The maximum Gasteiger partial charge on any atom is 0.410 e. The van der Waals surface area contributed by atoms with Gasteiger partial charge in [0, 0.05) is 23.9 Å². The second-order valence-electron chi connectivity index (χ2n) is 9.46. The molecule has 1 amide bonds. The van der Waals surface area contributed by atoms with Gasteiger partial charge in [0.15, 0.2) is 0 Å². The lowest BCUT2D eigenvalue weighted by Gasteiger charge is -2.41. The average molecular weight is 402 g/mol. The van der Waals surface area contributed by atoms with Gasteiger partial charge in [-0.1, -0.05) is 48.5 Å². The molecule has 1 spiro atoms. The number of nitrogens with zero attached hydrogens (tertiary/aromatic N) is 1. The fraction of sp³-hybridized carbons (Fsp3) is 0.346. The molecule has 2 aliphatic rings. The van der Waals surface area contributed by atoms with Crippen LogP contribution >= 0.6 is 0 Å². The molecule has 0 saturated carbocycles. The highest BCUT2D eigenvalue weighted by Crippen LogP contribution is 2.57. The van der Waals surface area contributed by atoms with Crippen molar-refractivity contribution in [1.82, 2.24) is 4.90 Å². The molecule has 5 rings (SSSR count). The van der Waals surface area contributed by atoms with Crippen LogP contribution in [0.4, 0.5) is 4.79 Å². The molecule has 1 heterocycles. The lowest BCUT2D eigenvalue weighted by atomic mass is 9.70. The molecule has 0 radical (unpaired) electrons. The van der Waals surface area contributed by atoms with Crippen LogP contribution < -0.4 is 0 Å². The Morgan fingerprint density at radius 2 is 1.60 bits per heavy atom. The zero-order valence-corrected chi connectivity index (χ0v) is 17.7. The molecule has 1 N–H and O–H groups in total. The molecule has 4 nitrogen and oxygen atoms in total. The number of aromatic hydroxyl groups is 1. The van der Waals surface area contributed by atoms with Crippen LogP contribution in [0.5, 0.6) is 5.75 Å². The Morgan fingerprint density at radius 3 is 2.30 bits per heavy atom. The number of phenols is 1. The lowest BCUT2D eigenvalue weighted by Crippen LogP contribution is -2.46. The van der Waals surface area contributed by atoms with Gasteiger partial charge in [-0.3, -0.25) is 0 Å². The summed E-state index contributed by atoms with van der Waals surface area (Å²) in [6.07, 6.45) is 1.38. The van der Waals surface area contributed by atoms with Crippen LogP contribution in [0.3, 0.4) is 0 Å². The van der Waals surface area contributed by atoms with Gasteiger partial charge in [0.05, 0.1) is 0 Å². The number of carbonyl (C=O) groups excluding carboxylic acids is 1. The molecular formula is C26H27NO3. The summed E-state index contributed by atoms with van der Waals surface area (Å²) in [6, 6.07) is 18.6. The van der Waals surface area contributed by atoms with E-state index in [0.717, 1.165) is 23.6 Å². The summed E-state index contributed by atoms with van der Waals surface area (Å²) in [4.78, 5) is 14.4. The number of amides is 1. The van der Waals surface area contributed by atoms with Gasteiger partial charge in [0.1, 0.15) is 11.4 Å². The highest BCUT2D eigenvalue weighted by Gasteiger charge is 2.47. The normalized spacial score (nSPS) is 17.1. The molecule has 0 atom stereocenters. The number of hydrogen-bond donors (Lipinski definition) is 1. The van der Waals surface area contributed by atoms with Crippen LogP contribution in [0.2, 0.25) is 0 Å². The van der Waals surface area contributed by atoms with Gasteiger partial charge in [0.25, 0.3) is 0 Å². The van der Waals surface area contributed by atoms with Crippen molar-refractivity contribution in [3.8, 4) is 16.9 Å². The number of hydrogen-bond acceptors (Lipinski definition) is 3. The topological polar surface area (TPSA) is 49.8 Å². The van der Waals surface area contributed by atoms with E-state index in [9.17, 15) is 9.90 Å². The number of phenolic OH excluding ortho intramolecular Hbond substituents is 1. The summed E-state index contributed by atoms with van der Waals surface area (Å²) in [6.45, 7) is 6.96. The second-order valence-corrected chi connectivity index (χ2v) is 9.46. The number of piperidine rings is 1. The number of likely N-dealkylation sites (tertiary alicyclic amines) is 1. The van der Waals surface area contributed by atoms with Gasteiger partial charge >= 0.3 is 6.09 Å².